The normalized spacial score (nSPS) is 37.6. The molecule has 5 nitrogen and oxygen atoms in total. The molecule has 2 saturated heterocycles. The molecule has 170 valence electrons. The van der Waals surface area contributed by atoms with Crippen LogP contribution in [-0.2, 0) is 18.9 Å². The third-order valence-corrected chi connectivity index (χ3v) is 7.64. The molecule has 2 aliphatic carbocycles. The Bertz CT molecular complexity index is 578. The number of hydrogen-bond acceptors (Lipinski definition) is 5. The van der Waals surface area contributed by atoms with Gasteiger partial charge in [-0.15, -0.1) is 6.58 Å². The lowest BCUT2D eigenvalue weighted by molar-refractivity contribution is -0.198. The Balaban J connectivity index is 1.41. The fourth-order valence-electron chi connectivity index (χ4n) is 5.95. The largest absolute Gasteiger partial charge is 0.389 e. The number of allylic oxidation sites excluding steroid dienone is 1. The van der Waals surface area contributed by atoms with E-state index >= 15 is 0 Å². The zero-order valence-corrected chi connectivity index (χ0v) is 18.5. The SMILES string of the molecule is C=CCCCC(C)C(O)C=C[C@@H]1[C@@H]2CC3(C[C@@H]2C[C@H]1OC1CCCCO1)OCCO3. The smallest absolute Gasteiger partial charge is 0.169 e. The number of ether oxygens (including phenoxy) is 4. The van der Waals surface area contributed by atoms with Crippen LogP contribution in [0.25, 0.3) is 0 Å². The molecular weight excluding hydrogens is 380 g/mol. The van der Waals surface area contributed by atoms with Crippen molar-refractivity contribution >= 4 is 0 Å². The maximum absolute atomic E-state index is 10.7. The number of aliphatic hydroxyl groups excluding tert-OH is 1. The molecule has 4 rings (SSSR count). The molecule has 2 heterocycles. The van der Waals surface area contributed by atoms with Crippen LogP contribution in [0.5, 0.6) is 0 Å². The van der Waals surface area contributed by atoms with Gasteiger partial charge in [0.25, 0.3) is 0 Å². The summed E-state index contributed by atoms with van der Waals surface area (Å²) in [7, 11) is 0. The van der Waals surface area contributed by atoms with E-state index in [4.69, 9.17) is 18.9 Å². The highest BCUT2D eigenvalue weighted by molar-refractivity contribution is 5.10. The summed E-state index contributed by atoms with van der Waals surface area (Å²) in [5.41, 5.74) is 0. The van der Waals surface area contributed by atoms with E-state index in [1.807, 2.05) is 12.2 Å². The van der Waals surface area contributed by atoms with Crippen LogP contribution in [0.15, 0.2) is 24.8 Å². The van der Waals surface area contributed by atoms with Crippen LogP contribution in [0, 0.1) is 23.7 Å². The number of aliphatic hydroxyl groups is 1. The molecule has 2 saturated carbocycles. The monoisotopic (exact) mass is 420 g/mol. The van der Waals surface area contributed by atoms with Crippen molar-refractivity contribution in [2.45, 2.75) is 89.0 Å². The second kappa shape index (κ2) is 10.3. The van der Waals surface area contributed by atoms with Crippen LogP contribution in [0.2, 0.25) is 0 Å². The lowest BCUT2D eigenvalue weighted by Gasteiger charge is -2.31. The topological polar surface area (TPSA) is 57.2 Å². The highest BCUT2D eigenvalue weighted by atomic mass is 16.7. The van der Waals surface area contributed by atoms with Crippen molar-refractivity contribution in [2.75, 3.05) is 19.8 Å². The molecule has 0 bridgehead atoms. The molecule has 0 aromatic carbocycles. The van der Waals surface area contributed by atoms with Crippen LogP contribution < -0.4 is 0 Å². The van der Waals surface area contributed by atoms with E-state index < -0.39 is 6.10 Å². The summed E-state index contributed by atoms with van der Waals surface area (Å²) in [6, 6.07) is 0. The molecule has 4 aliphatic rings. The van der Waals surface area contributed by atoms with E-state index in [-0.39, 0.29) is 30.0 Å². The van der Waals surface area contributed by atoms with Crippen LogP contribution in [0.1, 0.15) is 64.7 Å². The summed E-state index contributed by atoms with van der Waals surface area (Å²) in [4.78, 5) is 0. The molecular formula is C25H40O5. The Morgan fingerprint density at radius 1 is 1.20 bits per heavy atom. The number of fused-ring (bicyclic) bond motifs is 1. The summed E-state index contributed by atoms with van der Waals surface area (Å²) < 4.78 is 24.4. The number of hydrogen-bond donors (Lipinski definition) is 1. The quantitative estimate of drug-likeness (QED) is 0.436. The van der Waals surface area contributed by atoms with Gasteiger partial charge in [-0.1, -0.05) is 25.2 Å². The lowest BCUT2D eigenvalue weighted by atomic mass is 9.89. The first kappa shape index (κ1) is 22.5. The average molecular weight is 421 g/mol. The van der Waals surface area contributed by atoms with Crippen molar-refractivity contribution in [3.05, 3.63) is 24.8 Å². The summed E-state index contributed by atoms with van der Waals surface area (Å²) >= 11 is 0. The first-order valence-electron chi connectivity index (χ1n) is 12.1. The maximum atomic E-state index is 10.7. The van der Waals surface area contributed by atoms with Gasteiger partial charge in [0.1, 0.15) is 0 Å². The van der Waals surface area contributed by atoms with Crippen LogP contribution >= 0.6 is 0 Å². The second-order valence-corrected chi connectivity index (χ2v) is 9.80. The Hall–Kier alpha value is -0.720. The summed E-state index contributed by atoms with van der Waals surface area (Å²) in [5.74, 6) is 1.19. The summed E-state index contributed by atoms with van der Waals surface area (Å²) in [5, 5.41) is 10.7. The third-order valence-electron chi connectivity index (χ3n) is 7.64. The van der Waals surface area contributed by atoms with E-state index in [1.54, 1.807) is 0 Å². The fraction of sp³-hybridized carbons (Fsp3) is 0.840. The minimum atomic E-state index is -0.421. The van der Waals surface area contributed by atoms with Crippen molar-refractivity contribution in [2.24, 2.45) is 23.7 Å². The molecule has 30 heavy (non-hydrogen) atoms. The molecule has 4 fully saturated rings. The zero-order chi connectivity index (χ0) is 21.0. The van der Waals surface area contributed by atoms with Crippen LogP contribution in [-0.4, -0.2) is 49.2 Å². The second-order valence-electron chi connectivity index (χ2n) is 9.80. The molecule has 0 aromatic heterocycles. The van der Waals surface area contributed by atoms with Gasteiger partial charge in [-0.05, 0) is 62.7 Å². The highest BCUT2D eigenvalue weighted by Crippen LogP contribution is 2.55. The predicted octanol–water partition coefficient (Wildman–Crippen LogP) is 4.60. The third kappa shape index (κ3) is 5.18. The van der Waals surface area contributed by atoms with Crippen molar-refractivity contribution in [3.8, 4) is 0 Å². The first-order chi connectivity index (χ1) is 14.6. The fourth-order valence-corrected chi connectivity index (χ4v) is 5.95. The Kier molecular flexibility index (Phi) is 7.69. The van der Waals surface area contributed by atoms with Gasteiger partial charge in [0.05, 0.1) is 25.4 Å². The van der Waals surface area contributed by atoms with Gasteiger partial charge in [-0.2, -0.15) is 0 Å². The molecule has 2 aliphatic heterocycles. The van der Waals surface area contributed by atoms with Gasteiger partial charge in [-0.3, -0.25) is 0 Å². The van der Waals surface area contributed by atoms with Crippen molar-refractivity contribution in [3.63, 3.8) is 0 Å². The van der Waals surface area contributed by atoms with Crippen molar-refractivity contribution in [1.29, 1.82) is 0 Å². The first-order valence-corrected chi connectivity index (χ1v) is 12.1. The van der Waals surface area contributed by atoms with E-state index in [0.717, 1.165) is 58.0 Å². The van der Waals surface area contributed by atoms with Crippen LogP contribution in [0.4, 0.5) is 0 Å². The van der Waals surface area contributed by atoms with Crippen molar-refractivity contribution < 1.29 is 24.1 Å². The lowest BCUT2D eigenvalue weighted by Crippen LogP contribution is -2.33. The maximum Gasteiger partial charge on any atom is 0.169 e. The van der Waals surface area contributed by atoms with E-state index in [0.29, 0.717) is 25.0 Å². The Morgan fingerprint density at radius 2 is 2.03 bits per heavy atom. The van der Waals surface area contributed by atoms with E-state index in [9.17, 15) is 5.11 Å². The molecule has 0 amide bonds. The number of unbranched alkanes of at least 4 members (excludes halogenated alkanes) is 1. The molecule has 0 aromatic rings. The summed E-state index contributed by atoms with van der Waals surface area (Å²) in [6.07, 6.45) is 15.2. The van der Waals surface area contributed by atoms with Gasteiger partial charge < -0.3 is 24.1 Å². The van der Waals surface area contributed by atoms with Gasteiger partial charge in [0, 0.05) is 25.4 Å². The Labute approximate surface area is 181 Å². The minimum Gasteiger partial charge on any atom is -0.389 e. The van der Waals surface area contributed by atoms with Crippen molar-refractivity contribution in [1.82, 2.24) is 0 Å². The summed E-state index contributed by atoms with van der Waals surface area (Å²) in [6.45, 7) is 8.13. The van der Waals surface area contributed by atoms with Gasteiger partial charge >= 0.3 is 0 Å². The molecule has 1 spiro atoms. The Morgan fingerprint density at radius 3 is 2.77 bits per heavy atom. The standard InChI is InChI=1S/C25H40O5/c1-3-4-5-8-18(2)22(26)11-10-20-21-17-25(28-13-14-29-25)16-19(21)15-23(20)30-24-9-6-7-12-27-24/h3,10-11,18-24,26H,1,4-9,12-17H2,2H3/t18?,19-,20+,21+,22?,23+,24?/m0/s1. The van der Waals surface area contributed by atoms with Gasteiger partial charge in [0.2, 0.25) is 0 Å². The minimum absolute atomic E-state index is 0.0748. The molecule has 3 unspecified atom stereocenters. The molecule has 5 heteroatoms. The van der Waals surface area contributed by atoms with Gasteiger partial charge in [0.15, 0.2) is 12.1 Å². The van der Waals surface area contributed by atoms with Gasteiger partial charge in [-0.25, -0.2) is 0 Å². The van der Waals surface area contributed by atoms with Crippen LogP contribution in [0.3, 0.4) is 0 Å². The molecule has 7 atom stereocenters. The average Bonchev–Trinajstić information content (AvgIpc) is 3.43. The zero-order valence-electron chi connectivity index (χ0n) is 18.5. The van der Waals surface area contributed by atoms with E-state index in [1.165, 1.54) is 6.42 Å². The highest BCUT2D eigenvalue weighted by Gasteiger charge is 2.56. The molecule has 1 N–H and O–H groups in total. The molecule has 0 radical (unpaired) electrons. The predicted molar refractivity (Wildman–Crippen MR) is 116 cm³/mol. The number of rotatable bonds is 9. The van der Waals surface area contributed by atoms with E-state index in [2.05, 4.69) is 19.6 Å².